The van der Waals surface area contributed by atoms with Gasteiger partial charge in [-0.2, -0.15) is 34.2 Å². The molecule has 4 rings (SSSR count). The zero-order valence-electron chi connectivity index (χ0n) is 34.6. The van der Waals surface area contributed by atoms with Gasteiger partial charge in [-0.05, 0) is 83.8 Å². The van der Waals surface area contributed by atoms with Gasteiger partial charge in [0.1, 0.15) is 18.2 Å². The summed E-state index contributed by atoms with van der Waals surface area (Å²) in [4.78, 5) is 12.5. The minimum Gasteiger partial charge on any atom is -0.550 e. The van der Waals surface area contributed by atoms with Gasteiger partial charge in [0.2, 0.25) is 11.6 Å². The van der Waals surface area contributed by atoms with E-state index in [1.165, 1.54) is 41.9 Å². The average Bonchev–Trinajstić information content (AvgIpc) is 3.54. The van der Waals surface area contributed by atoms with Crippen molar-refractivity contribution < 1.29 is 79.7 Å². The van der Waals surface area contributed by atoms with Crippen LogP contribution in [0.25, 0.3) is 0 Å². The van der Waals surface area contributed by atoms with Crippen molar-refractivity contribution in [1.82, 2.24) is 0 Å². The number of carbonyl (C=O) groups excluding carboxylic acids is 1. The lowest BCUT2D eigenvalue weighted by atomic mass is 9.75. The Balaban J connectivity index is 1.83. The number of halogens is 6. The third-order valence-corrected chi connectivity index (χ3v) is 13.8. The predicted octanol–water partition coefficient (Wildman–Crippen LogP) is 6.75. The highest BCUT2D eigenvalue weighted by Gasteiger charge is 2.53. The normalized spacial score (nSPS) is 19.9. The SMILES string of the molecule is CC1(CCCCS(=O)(=O)O)C(=CC=CC=CC2=[N+](CCCCCC(=O)[O-])c3c(F)c(F)c(F)c(F)c3C2(C)CCCCS(=O)(=O)O)N(CCCCS(=O)(=O)O)c2cc(F)cc(F)c21. The summed E-state index contributed by atoms with van der Waals surface area (Å²) in [5, 5.41) is 11.0. The minimum atomic E-state index is -4.41. The van der Waals surface area contributed by atoms with E-state index in [0.717, 1.165) is 6.07 Å². The maximum Gasteiger partial charge on any atom is 0.264 e. The molecule has 2 unspecified atom stereocenters. The summed E-state index contributed by atoms with van der Waals surface area (Å²) < 4.78 is 190. The van der Waals surface area contributed by atoms with Crippen LogP contribution in [0.4, 0.5) is 37.7 Å². The van der Waals surface area contributed by atoms with Crippen molar-refractivity contribution in [2.45, 2.75) is 102 Å². The van der Waals surface area contributed by atoms with E-state index in [-0.39, 0.29) is 107 Å². The van der Waals surface area contributed by atoms with Crippen LogP contribution in [0.15, 0.2) is 48.2 Å². The van der Waals surface area contributed by atoms with Gasteiger partial charge in [-0.3, -0.25) is 13.7 Å². The molecular weight excluding hydrogens is 907 g/mol. The van der Waals surface area contributed by atoms with Gasteiger partial charge in [-0.25, -0.2) is 22.0 Å². The number of carboxylic acid groups (broad SMARTS) is 1. The topological polar surface area (TPSA) is 209 Å². The molecule has 13 nitrogen and oxygen atoms in total. The van der Waals surface area contributed by atoms with E-state index in [1.807, 2.05) is 0 Å². The summed E-state index contributed by atoms with van der Waals surface area (Å²) in [6.07, 6.45) is 7.58. The maximum atomic E-state index is 15.8. The molecule has 0 aliphatic carbocycles. The van der Waals surface area contributed by atoms with E-state index in [4.69, 9.17) is 0 Å². The van der Waals surface area contributed by atoms with Crippen LogP contribution >= 0.6 is 0 Å². The van der Waals surface area contributed by atoms with Gasteiger partial charge in [0, 0.05) is 47.8 Å². The van der Waals surface area contributed by atoms with E-state index < -0.39 is 111 Å². The summed E-state index contributed by atoms with van der Waals surface area (Å²) in [5.74, 6) is -12.5. The average molecular weight is 957 g/mol. The molecule has 0 amide bonds. The Morgan fingerprint density at radius 2 is 1.24 bits per heavy atom. The highest BCUT2D eigenvalue weighted by molar-refractivity contribution is 7.86. The number of nitrogens with zero attached hydrogens (tertiary/aromatic N) is 2. The highest BCUT2D eigenvalue weighted by Crippen LogP contribution is 2.52. The second kappa shape index (κ2) is 20.8. The van der Waals surface area contributed by atoms with Gasteiger partial charge in [-0.15, -0.1) is 0 Å². The molecule has 350 valence electrons. The van der Waals surface area contributed by atoms with Crippen LogP contribution in [0.2, 0.25) is 0 Å². The Morgan fingerprint density at radius 3 is 1.81 bits per heavy atom. The van der Waals surface area contributed by atoms with Gasteiger partial charge in [-0.1, -0.05) is 31.1 Å². The first-order valence-electron chi connectivity index (χ1n) is 20.1. The smallest absolute Gasteiger partial charge is 0.264 e. The zero-order chi connectivity index (χ0) is 47.1. The second-order valence-corrected chi connectivity index (χ2v) is 20.8. The van der Waals surface area contributed by atoms with E-state index >= 15 is 13.2 Å². The summed E-state index contributed by atoms with van der Waals surface area (Å²) >= 11 is 0. The van der Waals surface area contributed by atoms with Gasteiger partial charge in [0.05, 0.1) is 33.9 Å². The van der Waals surface area contributed by atoms with Gasteiger partial charge in [0.15, 0.2) is 17.3 Å². The Morgan fingerprint density at radius 1 is 0.683 bits per heavy atom. The molecule has 0 saturated heterocycles. The quantitative estimate of drug-likeness (QED) is 0.0190. The van der Waals surface area contributed by atoms with Crippen molar-refractivity contribution in [3.05, 3.63) is 94.2 Å². The molecule has 0 saturated carbocycles. The number of rotatable bonds is 24. The summed E-state index contributed by atoms with van der Waals surface area (Å²) in [5.41, 5.74) is -3.39. The lowest BCUT2D eigenvalue weighted by Crippen LogP contribution is -2.32. The number of fused-ring (bicyclic) bond motifs is 2. The first-order valence-corrected chi connectivity index (χ1v) is 24.9. The van der Waals surface area contributed by atoms with Crippen LogP contribution in [0.1, 0.15) is 102 Å². The first-order chi connectivity index (χ1) is 29.2. The number of carbonyl (C=O) groups is 1. The molecule has 2 aliphatic rings. The molecule has 0 aromatic heterocycles. The Bertz CT molecular complexity index is 2530. The number of hydrogen-bond donors (Lipinski definition) is 3. The summed E-state index contributed by atoms with van der Waals surface area (Å²) in [7, 11) is -13.1. The lowest BCUT2D eigenvalue weighted by Gasteiger charge is -2.30. The fourth-order valence-corrected chi connectivity index (χ4v) is 10.2. The molecule has 2 aromatic rings. The zero-order valence-corrected chi connectivity index (χ0v) is 37.0. The molecule has 0 fully saturated rings. The molecule has 22 heteroatoms. The molecule has 0 spiro atoms. The molecule has 0 bridgehead atoms. The number of aliphatic carboxylic acids is 1. The predicted molar refractivity (Wildman–Crippen MR) is 220 cm³/mol. The second-order valence-electron chi connectivity index (χ2n) is 16.1. The van der Waals surface area contributed by atoms with Crippen molar-refractivity contribution in [2.24, 2.45) is 0 Å². The van der Waals surface area contributed by atoms with Crippen LogP contribution in [-0.4, -0.2) is 85.5 Å². The molecule has 2 aromatic carbocycles. The largest absolute Gasteiger partial charge is 0.550 e. The monoisotopic (exact) mass is 956 g/mol. The number of allylic oxidation sites excluding steroid dienone is 6. The lowest BCUT2D eigenvalue weighted by molar-refractivity contribution is -0.441. The van der Waals surface area contributed by atoms with Crippen molar-refractivity contribution in [3.63, 3.8) is 0 Å². The number of benzene rings is 2. The maximum absolute atomic E-state index is 15.8. The summed E-state index contributed by atoms with van der Waals surface area (Å²) in [6, 6.07) is 1.77. The van der Waals surface area contributed by atoms with Crippen LogP contribution in [0.3, 0.4) is 0 Å². The Kier molecular flexibility index (Phi) is 17.0. The van der Waals surface area contributed by atoms with Gasteiger partial charge >= 0.3 is 0 Å². The first kappa shape index (κ1) is 51.5. The number of unbranched alkanes of at least 4 members (excludes halogenated alkanes) is 5. The van der Waals surface area contributed by atoms with E-state index in [1.54, 1.807) is 11.8 Å². The fraction of sp³-hybridized carbons (Fsp3) is 0.512. The van der Waals surface area contributed by atoms with Crippen LogP contribution in [0, 0.1) is 34.9 Å². The molecular formula is C41H50F6N2O11S3. The van der Waals surface area contributed by atoms with Crippen molar-refractivity contribution in [2.75, 3.05) is 35.2 Å². The van der Waals surface area contributed by atoms with Crippen LogP contribution in [-0.2, 0) is 46.0 Å². The number of carboxylic acids is 1. The molecule has 0 radical (unpaired) electrons. The van der Waals surface area contributed by atoms with E-state index in [0.29, 0.717) is 11.8 Å². The minimum absolute atomic E-state index is 0.00976. The molecule has 2 heterocycles. The Labute approximate surface area is 363 Å². The summed E-state index contributed by atoms with van der Waals surface area (Å²) in [6.45, 7) is 2.95. The van der Waals surface area contributed by atoms with Crippen molar-refractivity contribution in [1.29, 1.82) is 0 Å². The number of anilines is 1. The third kappa shape index (κ3) is 13.0. The van der Waals surface area contributed by atoms with Crippen molar-refractivity contribution in [3.8, 4) is 0 Å². The Hall–Kier alpha value is -4.09. The fourth-order valence-electron chi connectivity index (χ4n) is 8.48. The van der Waals surface area contributed by atoms with Gasteiger partial charge < -0.3 is 14.8 Å². The molecule has 63 heavy (non-hydrogen) atoms. The van der Waals surface area contributed by atoms with Crippen LogP contribution < -0.4 is 10.0 Å². The van der Waals surface area contributed by atoms with E-state index in [9.17, 15) is 62.0 Å². The highest BCUT2D eigenvalue weighted by atomic mass is 32.2. The standard InChI is InChI=1S/C41H50F6N2O11S3/c1-40(18-8-12-22-61(52,53)54)30(48(20-11-14-24-63(58,59)60)29-26-27(42)25-28(43)33(29)40)15-5-3-6-16-31-41(2,19-9-13-23-62(55,56)57)34-35(44)36(45)37(46)38(47)39(34)49(31)21-10-4-7-17-32(50)51/h3,5-6,15-16,25-26H,4,7-14,17-24H2,1-2H3,(H3-,50,51,52,53,54,55,56,57,58,59,60). The number of hydrogen-bond acceptors (Lipinski definition) is 9. The molecule has 2 aliphatic heterocycles. The molecule has 2 atom stereocenters. The van der Waals surface area contributed by atoms with E-state index in [2.05, 4.69) is 0 Å². The molecule has 3 N–H and O–H groups in total. The van der Waals surface area contributed by atoms with Gasteiger partial charge in [0.25, 0.3) is 36.0 Å². The van der Waals surface area contributed by atoms with Crippen molar-refractivity contribution >= 4 is 53.4 Å². The van der Waals surface area contributed by atoms with Crippen LogP contribution in [0.5, 0.6) is 0 Å². The third-order valence-electron chi connectivity index (χ3n) is 11.3.